The minimum atomic E-state index is -0.0470. The fourth-order valence-electron chi connectivity index (χ4n) is 11.0. The lowest BCUT2D eigenvalue weighted by molar-refractivity contribution is 0.590. The molecule has 0 aliphatic heterocycles. The largest absolute Gasteiger partial charge is 0.456 e. The molecule has 0 radical (unpaired) electrons. The molecule has 0 spiro atoms. The van der Waals surface area contributed by atoms with Gasteiger partial charge >= 0.3 is 0 Å². The molecule has 2 aromatic heterocycles. The summed E-state index contributed by atoms with van der Waals surface area (Å²) in [6.07, 6.45) is 0. The molecule has 5 nitrogen and oxygen atoms in total. The second kappa shape index (κ2) is 18.3. The smallest absolute Gasteiger partial charge is 0.159 e. The summed E-state index contributed by atoms with van der Waals surface area (Å²) in [6.45, 7) is 13.5. The van der Waals surface area contributed by atoms with Gasteiger partial charge in [-0.2, -0.15) is 0 Å². The van der Waals surface area contributed by atoms with Crippen LogP contribution in [0.4, 0.5) is 51.2 Å². The number of nitrogens with zero attached hydrogens (tertiary/aromatic N) is 3. The molecular weight excluding hydrogens is 950 g/mol. The fraction of sp³-hybridized carbons (Fsp3) is 0.114. The number of furan rings is 2. The van der Waals surface area contributed by atoms with Crippen molar-refractivity contribution in [1.29, 1.82) is 0 Å². The molecule has 0 N–H and O–H groups in total. The van der Waals surface area contributed by atoms with Gasteiger partial charge in [-0.05, 0) is 147 Å². The van der Waals surface area contributed by atoms with Gasteiger partial charge < -0.3 is 23.5 Å². The molecule has 0 aliphatic rings. The summed E-state index contributed by atoms with van der Waals surface area (Å²) in [5.41, 5.74) is 14.1. The van der Waals surface area contributed by atoms with E-state index in [1.165, 1.54) is 32.7 Å². The summed E-state index contributed by atoms with van der Waals surface area (Å²) in [4.78, 5) is 6.91. The summed E-state index contributed by atoms with van der Waals surface area (Å²) in [5, 5.41) is 9.60. The van der Waals surface area contributed by atoms with Crippen LogP contribution in [0.25, 0.3) is 65.4 Å². The van der Waals surface area contributed by atoms with Crippen molar-refractivity contribution in [3.8, 4) is 0 Å². The van der Waals surface area contributed by atoms with Gasteiger partial charge in [-0.15, -0.1) is 0 Å². The Morgan fingerprint density at radius 1 is 0.303 bits per heavy atom. The van der Waals surface area contributed by atoms with Gasteiger partial charge in [-0.1, -0.05) is 181 Å². The third-order valence-electron chi connectivity index (χ3n) is 15.0. The lowest BCUT2D eigenvalue weighted by Gasteiger charge is -2.32. The number of fused-ring (bicyclic) bond motifs is 9. The van der Waals surface area contributed by atoms with Crippen LogP contribution in [0.15, 0.2) is 239 Å². The van der Waals surface area contributed by atoms with Crippen molar-refractivity contribution in [2.24, 2.45) is 0 Å². The van der Waals surface area contributed by atoms with Gasteiger partial charge in [-0.25, -0.2) is 0 Å². The van der Waals surface area contributed by atoms with Crippen molar-refractivity contribution >= 4 is 128 Å². The SMILES string of the molecule is CC(C)(C)c1ccc(N(c2cccc(N(c3ccc4ccc5ccccc5c4c3)c3ccc4oc5ccccc5c4c3)c2)c2cccc(N(c3ccc(C(C)(C)C)cc3)c3cccc4c3oc3ccccc34)c2Cl)cc1. The molecule has 0 aliphatic carbocycles. The maximum atomic E-state index is 8.09. The van der Waals surface area contributed by atoms with Crippen LogP contribution >= 0.6 is 11.6 Å². The molecule has 0 unspecified atom stereocenters. The van der Waals surface area contributed by atoms with E-state index in [1.54, 1.807) is 0 Å². The van der Waals surface area contributed by atoms with Crippen LogP contribution in [0.3, 0.4) is 0 Å². The molecular formula is C70H56ClN3O2. The zero-order valence-electron chi connectivity index (χ0n) is 43.5. The normalized spacial score (nSPS) is 12.1. The van der Waals surface area contributed by atoms with Gasteiger partial charge in [0.05, 0.1) is 22.1 Å². The lowest BCUT2D eigenvalue weighted by atomic mass is 9.87. The highest BCUT2D eigenvalue weighted by Gasteiger charge is 2.27. The average molecular weight is 1010 g/mol. The first-order valence-corrected chi connectivity index (χ1v) is 26.5. The first kappa shape index (κ1) is 47.0. The minimum Gasteiger partial charge on any atom is -0.456 e. The van der Waals surface area contributed by atoms with Crippen LogP contribution in [0.2, 0.25) is 5.02 Å². The standard InChI is InChI=1S/C70H56ClN3O2/c1-69(2,3)47-31-36-49(37-32-47)73(61-23-15-24-62(67(61)71)74(50-38-33-48(34-39-50)70(4,5)6)63-25-14-22-58-56-20-9-12-27-65(56)76-68(58)63)52-18-13-17-51(42-52)72(54-40-41-66-60(44-54)57-21-10-11-26-64(57)75-66)53-35-30-46-29-28-45-16-7-8-19-55(45)59(46)43-53/h7-44H,1-6H3. The molecule has 76 heavy (non-hydrogen) atoms. The average Bonchev–Trinajstić information content (AvgIpc) is 4.01. The molecule has 6 heteroatoms. The quantitative estimate of drug-likeness (QED) is 0.135. The number of benzene rings is 11. The van der Waals surface area contributed by atoms with E-state index in [9.17, 15) is 0 Å². The first-order valence-electron chi connectivity index (χ1n) is 26.1. The predicted octanol–water partition coefficient (Wildman–Crippen LogP) is 21.4. The van der Waals surface area contributed by atoms with Crippen LogP contribution in [0.5, 0.6) is 0 Å². The Hall–Kier alpha value is -8.77. The summed E-state index contributed by atoms with van der Waals surface area (Å²) in [5.74, 6) is 0. The van der Waals surface area contributed by atoms with E-state index >= 15 is 0 Å². The molecule has 0 atom stereocenters. The Balaban J connectivity index is 1.02. The Bertz CT molecular complexity index is 4350. The zero-order valence-corrected chi connectivity index (χ0v) is 44.2. The summed E-state index contributed by atoms with van der Waals surface area (Å²) >= 11 is 8.09. The Labute approximate surface area is 448 Å². The van der Waals surface area contributed by atoms with E-state index in [1.807, 2.05) is 24.3 Å². The number of hydrogen-bond donors (Lipinski definition) is 0. The lowest BCUT2D eigenvalue weighted by Crippen LogP contribution is -2.16. The first-order chi connectivity index (χ1) is 36.9. The van der Waals surface area contributed by atoms with Gasteiger partial charge in [0.15, 0.2) is 5.58 Å². The van der Waals surface area contributed by atoms with E-state index < -0.39 is 0 Å². The number of halogens is 1. The monoisotopic (exact) mass is 1010 g/mol. The van der Waals surface area contributed by atoms with Crippen LogP contribution in [-0.4, -0.2) is 0 Å². The van der Waals surface area contributed by atoms with Gasteiger partial charge in [0.25, 0.3) is 0 Å². The number of rotatable bonds is 9. The third kappa shape index (κ3) is 8.19. The molecule has 370 valence electrons. The van der Waals surface area contributed by atoms with Gasteiger partial charge in [0, 0.05) is 55.7 Å². The molecule has 2 heterocycles. The second-order valence-electron chi connectivity index (χ2n) is 22.0. The van der Waals surface area contributed by atoms with Crippen molar-refractivity contribution in [1.82, 2.24) is 0 Å². The maximum Gasteiger partial charge on any atom is 0.159 e. The van der Waals surface area contributed by atoms with E-state index in [0.717, 1.165) is 95.1 Å². The predicted molar refractivity (Wildman–Crippen MR) is 322 cm³/mol. The summed E-state index contributed by atoms with van der Waals surface area (Å²) in [7, 11) is 0. The van der Waals surface area contributed by atoms with E-state index in [-0.39, 0.29) is 10.8 Å². The molecule has 11 aromatic carbocycles. The highest BCUT2D eigenvalue weighted by molar-refractivity contribution is 6.37. The summed E-state index contributed by atoms with van der Waals surface area (Å²) < 4.78 is 13.2. The maximum absolute atomic E-state index is 8.09. The van der Waals surface area contributed by atoms with Crippen LogP contribution < -0.4 is 14.7 Å². The van der Waals surface area contributed by atoms with Crippen molar-refractivity contribution in [2.45, 2.75) is 52.4 Å². The number of hydrogen-bond acceptors (Lipinski definition) is 5. The van der Waals surface area contributed by atoms with Crippen molar-refractivity contribution in [3.63, 3.8) is 0 Å². The molecule has 13 aromatic rings. The Kier molecular flexibility index (Phi) is 11.3. The van der Waals surface area contributed by atoms with Crippen molar-refractivity contribution in [3.05, 3.63) is 247 Å². The minimum absolute atomic E-state index is 0.0319. The topological polar surface area (TPSA) is 36.0 Å². The Morgan fingerprint density at radius 3 is 1.41 bits per heavy atom. The summed E-state index contributed by atoms with van der Waals surface area (Å²) in [6, 6.07) is 82.2. The third-order valence-corrected chi connectivity index (χ3v) is 15.4. The van der Waals surface area contributed by atoms with Crippen molar-refractivity contribution in [2.75, 3.05) is 14.7 Å². The van der Waals surface area contributed by atoms with Gasteiger partial charge in [-0.3, -0.25) is 0 Å². The van der Waals surface area contributed by atoms with Gasteiger partial charge in [0.2, 0.25) is 0 Å². The van der Waals surface area contributed by atoms with Crippen LogP contribution in [0, 0.1) is 0 Å². The van der Waals surface area contributed by atoms with E-state index in [4.69, 9.17) is 20.4 Å². The molecule has 0 saturated heterocycles. The zero-order chi connectivity index (χ0) is 51.9. The van der Waals surface area contributed by atoms with Crippen LogP contribution in [0.1, 0.15) is 52.7 Å². The Morgan fingerprint density at radius 2 is 0.737 bits per heavy atom. The molecule has 0 saturated carbocycles. The molecule has 0 bridgehead atoms. The number of anilines is 9. The van der Waals surface area contributed by atoms with Crippen LogP contribution in [-0.2, 0) is 10.8 Å². The van der Waals surface area contributed by atoms with Crippen molar-refractivity contribution < 1.29 is 8.83 Å². The number of para-hydroxylation sites is 3. The molecule has 0 fully saturated rings. The highest BCUT2D eigenvalue weighted by Crippen LogP contribution is 2.50. The van der Waals surface area contributed by atoms with E-state index in [2.05, 4.69) is 262 Å². The van der Waals surface area contributed by atoms with E-state index in [0.29, 0.717) is 5.02 Å². The van der Waals surface area contributed by atoms with Gasteiger partial charge in [0.1, 0.15) is 16.7 Å². The molecule has 0 amide bonds. The fourth-order valence-corrected chi connectivity index (χ4v) is 11.3. The second-order valence-corrected chi connectivity index (χ2v) is 22.3. The molecule has 13 rings (SSSR count). The highest BCUT2D eigenvalue weighted by atomic mass is 35.5.